The van der Waals surface area contributed by atoms with Gasteiger partial charge >= 0.3 is 6.01 Å². The highest BCUT2D eigenvalue weighted by molar-refractivity contribution is 7.23. The Morgan fingerprint density at radius 3 is 2.86 bits per heavy atom. The van der Waals surface area contributed by atoms with E-state index in [0.717, 1.165) is 30.7 Å². The molecule has 3 saturated heterocycles. The van der Waals surface area contributed by atoms with Gasteiger partial charge in [-0.3, -0.25) is 9.69 Å². The van der Waals surface area contributed by atoms with Crippen molar-refractivity contribution in [3.63, 3.8) is 0 Å². The summed E-state index contributed by atoms with van der Waals surface area (Å²) in [4.78, 5) is 26.6. The molecule has 3 aliphatic rings. The van der Waals surface area contributed by atoms with E-state index in [1.807, 2.05) is 11.0 Å². The zero-order valence-electron chi connectivity index (χ0n) is 26.8. The molecule has 5 aromatic rings. The fourth-order valence-corrected chi connectivity index (χ4v) is 9.25. The van der Waals surface area contributed by atoms with Crippen LogP contribution in [0.15, 0.2) is 36.7 Å². The number of thiophene rings is 1. The number of alkyl halides is 1. The van der Waals surface area contributed by atoms with Gasteiger partial charge < -0.3 is 15.4 Å². The number of rotatable bonds is 6. The molecule has 0 spiro atoms. The average Bonchev–Trinajstić information content (AvgIpc) is 3.86. The fraction of sp³-hybridized carbons (Fsp3) is 0.400. The average molecular weight is 721 g/mol. The van der Waals surface area contributed by atoms with E-state index in [-0.39, 0.29) is 66.8 Å². The van der Waals surface area contributed by atoms with Crippen molar-refractivity contribution in [2.45, 2.75) is 50.2 Å². The lowest BCUT2D eigenvalue weighted by Gasteiger charge is -2.31. The number of benzene rings is 2. The van der Waals surface area contributed by atoms with E-state index in [4.69, 9.17) is 27.1 Å². The molecule has 15 heteroatoms. The Bertz CT molecular complexity index is 2190. The van der Waals surface area contributed by atoms with Crippen molar-refractivity contribution in [2.75, 3.05) is 43.4 Å². The van der Waals surface area contributed by atoms with E-state index >= 15 is 4.39 Å². The normalized spacial score (nSPS) is 22.6. The van der Waals surface area contributed by atoms with Gasteiger partial charge in [-0.15, -0.1) is 11.3 Å². The Morgan fingerprint density at radius 1 is 1.20 bits per heavy atom. The summed E-state index contributed by atoms with van der Waals surface area (Å²) in [5, 5.41) is 14.6. The standard InChI is InChI=1S/C35H32ClF3N8O2S/c36-24-14-22-29(28(39)27(24)21-5-6-25(38)30-26(21)23(16-40)31(41)50-30)43-34(49-18-35-8-2-11-46(35)17-20(37)15-35)44-32(22)45-10-1-4-19(7-13-45)33(48)47-12-3-9-42-47/h3,5-6,9,12,14,19-20H,1-2,4,7-8,10-11,13,15,17-18,41H2/t19?,20-,35+/m1/s1. The first-order valence-corrected chi connectivity index (χ1v) is 17.8. The number of hydrogen-bond donors (Lipinski definition) is 1. The molecule has 0 amide bonds. The van der Waals surface area contributed by atoms with Crippen molar-refractivity contribution in [3.8, 4) is 23.2 Å². The summed E-state index contributed by atoms with van der Waals surface area (Å²) in [6.07, 6.45) is 6.08. The van der Waals surface area contributed by atoms with E-state index in [1.165, 1.54) is 16.8 Å². The third-order valence-electron chi connectivity index (χ3n) is 10.4. The Hall–Kier alpha value is -4.45. The summed E-state index contributed by atoms with van der Waals surface area (Å²) in [7, 11) is 0. The summed E-state index contributed by atoms with van der Waals surface area (Å²) in [5.74, 6) is -1.36. The number of carbonyl (C=O) groups is 1. The number of nitriles is 1. The van der Waals surface area contributed by atoms with Crippen LogP contribution < -0.4 is 15.4 Å². The van der Waals surface area contributed by atoms with Crippen LogP contribution in [0.4, 0.5) is 24.0 Å². The maximum atomic E-state index is 17.1. The van der Waals surface area contributed by atoms with Gasteiger partial charge in [-0.2, -0.15) is 20.3 Å². The van der Waals surface area contributed by atoms with Crippen molar-refractivity contribution in [1.29, 1.82) is 5.26 Å². The van der Waals surface area contributed by atoms with Crippen LogP contribution in [0.2, 0.25) is 5.02 Å². The summed E-state index contributed by atoms with van der Waals surface area (Å²) in [6.45, 7) is 2.22. The molecule has 0 aliphatic carbocycles. The molecule has 3 aromatic heterocycles. The molecule has 3 atom stereocenters. The molecule has 0 bridgehead atoms. The maximum absolute atomic E-state index is 17.1. The van der Waals surface area contributed by atoms with Gasteiger partial charge in [0.25, 0.3) is 0 Å². The largest absolute Gasteiger partial charge is 0.461 e. The summed E-state index contributed by atoms with van der Waals surface area (Å²) in [5.41, 5.74) is 5.68. The van der Waals surface area contributed by atoms with E-state index in [1.54, 1.807) is 24.5 Å². The van der Waals surface area contributed by atoms with Gasteiger partial charge in [-0.1, -0.05) is 17.7 Å². The van der Waals surface area contributed by atoms with Gasteiger partial charge in [0.1, 0.15) is 41.0 Å². The molecule has 3 aliphatic heterocycles. The van der Waals surface area contributed by atoms with Gasteiger partial charge in [0.2, 0.25) is 5.91 Å². The van der Waals surface area contributed by atoms with E-state index in [0.29, 0.717) is 56.5 Å². The van der Waals surface area contributed by atoms with E-state index in [9.17, 15) is 18.8 Å². The van der Waals surface area contributed by atoms with Crippen molar-refractivity contribution >= 4 is 60.7 Å². The van der Waals surface area contributed by atoms with Crippen LogP contribution in [0.3, 0.4) is 0 Å². The smallest absolute Gasteiger partial charge is 0.319 e. The van der Waals surface area contributed by atoms with Crippen LogP contribution in [0, 0.1) is 28.9 Å². The minimum Gasteiger partial charge on any atom is -0.461 e. The third-order valence-corrected chi connectivity index (χ3v) is 11.7. The Labute approximate surface area is 294 Å². The van der Waals surface area contributed by atoms with Crippen LogP contribution in [-0.2, 0) is 0 Å². The van der Waals surface area contributed by atoms with Crippen LogP contribution in [-0.4, -0.2) is 75.1 Å². The molecule has 6 heterocycles. The molecular formula is C35H32ClF3N8O2S. The Balaban J connectivity index is 1.24. The molecule has 2 aromatic carbocycles. The minimum atomic E-state index is -0.958. The summed E-state index contributed by atoms with van der Waals surface area (Å²) >= 11 is 7.78. The number of fused-ring (bicyclic) bond motifs is 3. The Kier molecular flexibility index (Phi) is 8.32. The number of aromatic nitrogens is 4. The van der Waals surface area contributed by atoms with Gasteiger partial charge in [-0.05, 0) is 62.4 Å². The topological polar surface area (TPSA) is 126 Å². The molecule has 8 rings (SSSR count). The highest BCUT2D eigenvalue weighted by Crippen LogP contribution is 2.46. The lowest BCUT2D eigenvalue weighted by Crippen LogP contribution is -2.43. The molecular weight excluding hydrogens is 689 g/mol. The first kappa shape index (κ1) is 32.7. The minimum absolute atomic E-state index is 0.0112. The third kappa shape index (κ3) is 5.43. The summed E-state index contributed by atoms with van der Waals surface area (Å²) < 4.78 is 54.3. The van der Waals surface area contributed by atoms with Gasteiger partial charge in [0.15, 0.2) is 5.82 Å². The quantitative estimate of drug-likeness (QED) is 0.197. The molecule has 0 radical (unpaired) electrons. The van der Waals surface area contributed by atoms with Gasteiger partial charge in [0, 0.05) is 60.7 Å². The van der Waals surface area contributed by atoms with Crippen LogP contribution in [0.1, 0.15) is 48.9 Å². The van der Waals surface area contributed by atoms with Crippen molar-refractivity contribution in [2.24, 2.45) is 5.92 Å². The molecule has 10 nitrogen and oxygen atoms in total. The molecule has 50 heavy (non-hydrogen) atoms. The predicted molar refractivity (Wildman–Crippen MR) is 185 cm³/mol. The van der Waals surface area contributed by atoms with Crippen LogP contribution >= 0.6 is 22.9 Å². The van der Waals surface area contributed by atoms with E-state index in [2.05, 4.69) is 15.0 Å². The Morgan fingerprint density at radius 2 is 2.06 bits per heavy atom. The molecule has 1 unspecified atom stereocenters. The number of ether oxygens (including phenoxy) is 1. The van der Waals surface area contributed by atoms with Gasteiger partial charge in [0.05, 0.1) is 20.8 Å². The summed E-state index contributed by atoms with van der Waals surface area (Å²) in [6, 6.07) is 7.81. The number of halogens is 4. The SMILES string of the molecule is N#Cc1c(N)sc2c(F)ccc(-c3c(Cl)cc4c(N5CCCC(C(=O)n6cccn6)CC5)nc(OC[C@@]56CCCN5C[C@H](F)C6)nc4c3F)c12. The first-order chi connectivity index (χ1) is 24.2. The highest BCUT2D eigenvalue weighted by atomic mass is 35.5. The molecule has 2 N–H and O–H groups in total. The first-order valence-electron chi connectivity index (χ1n) is 16.6. The number of hydrogen-bond acceptors (Lipinski definition) is 10. The molecule has 3 fully saturated rings. The molecule has 258 valence electrons. The highest BCUT2D eigenvalue weighted by Gasteiger charge is 2.49. The fourth-order valence-electron chi connectivity index (χ4n) is 8.01. The number of carbonyl (C=O) groups excluding carboxylic acids is 1. The second kappa shape index (κ2) is 12.7. The van der Waals surface area contributed by atoms with Crippen molar-refractivity contribution in [1.82, 2.24) is 24.6 Å². The van der Waals surface area contributed by atoms with Crippen LogP contribution in [0.5, 0.6) is 6.01 Å². The second-order valence-electron chi connectivity index (χ2n) is 13.3. The number of anilines is 2. The zero-order valence-corrected chi connectivity index (χ0v) is 28.4. The molecule has 0 saturated carbocycles. The van der Waals surface area contributed by atoms with Crippen molar-refractivity contribution in [3.05, 3.63) is 58.9 Å². The lowest BCUT2D eigenvalue weighted by molar-refractivity contribution is 0.0806. The number of nitrogens with two attached hydrogens (primary N) is 1. The second-order valence-corrected chi connectivity index (χ2v) is 14.8. The van der Waals surface area contributed by atoms with Crippen molar-refractivity contribution < 1.29 is 22.7 Å². The lowest BCUT2D eigenvalue weighted by atomic mass is 9.95. The number of nitrogen functional groups attached to an aromatic ring is 1. The van der Waals surface area contributed by atoms with E-state index < -0.39 is 23.3 Å². The van der Waals surface area contributed by atoms with Crippen LogP contribution in [0.25, 0.3) is 32.1 Å². The monoisotopic (exact) mass is 720 g/mol. The van der Waals surface area contributed by atoms with Gasteiger partial charge in [-0.25, -0.2) is 17.9 Å². The zero-order chi connectivity index (χ0) is 34.7. The number of nitrogens with zero attached hydrogens (tertiary/aromatic N) is 7. The maximum Gasteiger partial charge on any atom is 0.319 e. The predicted octanol–water partition coefficient (Wildman–Crippen LogP) is 7.00.